The van der Waals surface area contributed by atoms with E-state index in [9.17, 15) is 9.59 Å². The van der Waals surface area contributed by atoms with Crippen LogP contribution in [0, 0.1) is 5.92 Å². The number of hydrogen-bond donors (Lipinski definition) is 0. The van der Waals surface area contributed by atoms with Crippen molar-refractivity contribution in [1.82, 2.24) is 0 Å². The number of imide groups is 1. The summed E-state index contributed by atoms with van der Waals surface area (Å²) in [6.45, 7) is 5.12. The van der Waals surface area contributed by atoms with E-state index in [1.165, 1.54) is 4.90 Å². The largest absolute Gasteiger partial charge is 0.494 e. The maximum Gasteiger partial charge on any atom is 0.266 e. The van der Waals surface area contributed by atoms with E-state index < -0.39 is 18.1 Å². The average molecular weight is 517 g/mol. The fourth-order valence-corrected chi connectivity index (χ4v) is 4.98. The summed E-state index contributed by atoms with van der Waals surface area (Å²) in [6, 6.07) is 21.5. The molecule has 0 unspecified atom stereocenters. The average Bonchev–Trinajstić information content (AvgIpc) is 3.46. The van der Waals surface area contributed by atoms with Crippen LogP contribution in [-0.4, -0.2) is 38.2 Å². The van der Waals surface area contributed by atoms with Crippen molar-refractivity contribution in [3.05, 3.63) is 78.4 Å². The molecule has 0 spiro atoms. The van der Waals surface area contributed by atoms with Crippen LogP contribution in [0.15, 0.2) is 72.8 Å². The second kappa shape index (κ2) is 11.1. The maximum atomic E-state index is 13.9. The van der Waals surface area contributed by atoms with Gasteiger partial charge >= 0.3 is 0 Å². The third-order valence-electron chi connectivity index (χ3n) is 6.82. The van der Waals surface area contributed by atoms with Gasteiger partial charge in [-0.1, -0.05) is 37.6 Å². The summed E-state index contributed by atoms with van der Waals surface area (Å²) in [4.78, 5) is 34.9. The van der Waals surface area contributed by atoms with Gasteiger partial charge in [0.25, 0.3) is 5.91 Å². The fraction of sp³-hybridized carbons (Fsp3) is 0.333. The second-order valence-electron chi connectivity index (χ2n) is 9.21. The van der Waals surface area contributed by atoms with Crippen molar-refractivity contribution in [2.45, 2.75) is 38.8 Å². The van der Waals surface area contributed by atoms with E-state index in [0.717, 1.165) is 24.1 Å². The van der Waals surface area contributed by atoms with Gasteiger partial charge in [0, 0.05) is 0 Å². The maximum absolute atomic E-state index is 13.9. The number of nitrogens with zero attached hydrogens (tertiary/aromatic N) is 2. The van der Waals surface area contributed by atoms with Gasteiger partial charge < -0.3 is 14.2 Å². The molecule has 2 saturated heterocycles. The van der Waals surface area contributed by atoms with Crippen LogP contribution in [0.1, 0.15) is 38.3 Å². The molecule has 198 valence electrons. The molecule has 2 heterocycles. The molecule has 38 heavy (non-hydrogen) atoms. The summed E-state index contributed by atoms with van der Waals surface area (Å²) >= 11 is 0. The van der Waals surface area contributed by atoms with Gasteiger partial charge in [-0.15, -0.1) is 0 Å². The molecule has 0 saturated carbocycles. The molecule has 2 aliphatic heterocycles. The Morgan fingerprint density at radius 1 is 0.842 bits per heavy atom. The van der Waals surface area contributed by atoms with Crippen molar-refractivity contribution >= 4 is 23.2 Å². The number of anilines is 2. The standard InChI is InChI=1S/C30H32N2O6/c1-4-6-18-37-24-17-12-20(19-25(24)35-3)27-26-28(38-32(27)22-10-8-7-9-11-22)30(34)31(29(26)33)21-13-15-23(16-14-21)36-5-2/h7-17,19,26-28H,4-6,18H2,1-3H3/t26-,27+,28-/m1/s1. The topological polar surface area (TPSA) is 77.5 Å². The van der Waals surface area contributed by atoms with Crippen LogP contribution < -0.4 is 24.2 Å². The van der Waals surface area contributed by atoms with Crippen molar-refractivity contribution in [2.75, 3.05) is 30.3 Å². The van der Waals surface area contributed by atoms with Crippen molar-refractivity contribution in [3.63, 3.8) is 0 Å². The number of amides is 2. The number of carbonyl (C=O) groups is 2. The molecule has 0 N–H and O–H groups in total. The van der Waals surface area contributed by atoms with Gasteiger partial charge in [0.15, 0.2) is 17.6 Å². The Labute approximate surface area is 222 Å². The monoisotopic (exact) mass is 516 g/mol. The predicted molar refractivity (Wildman–Crippen MR) is 144 cm³/mol. The fourth-order valence-electron chi connectivity index (χ4n) is 4.98. The number of para-hydroxylation sites is 1. The number of fused-ring (bicyclic) bond motifs is 1. The van der Waals surface area contributed by atoms with Crippen LogP contribution >= 0.6 is 0 Å². The molecule has 2 amide bonds. The molecule has 0 aliphatic carbocycles. The summed E-state index contributed by atoms with van der Waals surface area (Å²) < 4.78 is 17.1. The SMILES string of the molecule is CCCCOc1ccc([C@H]2[C@H]3C(=O)N(c4ccc(OCC)cc4)C(=O)[C@@H]3ON2c2ccccc2)cc1OC. The predicted octanol–water partition coefficient (Wildman–Crippen LogP) is 5.32. The van der Waals surface area contributed by atoms with E-state index in [2.05, 4.69) is 6.92 Å². The smallest absolute Gasteiger partial charge is 0.266 e. The Balaban J connectivity index is 1.51. The summed E-state index contributed by atoms with van der Waals surface area (Å²) in [5.74, 6) is 0.430. The Kier molecular flexibility index (Phi) is 7.51. The number of methoxy groups -OCH3 is 1. The first-order chi connectivity index (χ1) is 18.6. The molecule has 5 rings (SSSR count). The molecule has 2 aliphatic rings. The second-order valence-corrected chi connectivity index (χ2v) is 9.21. The van der Waals surface area contributed by atoms with Gasteiger partial charge in [-0.05, 0) is 67.4 Å². The molecule has 3 aromatic carbocycles. The lowest BCUT2D eigenvalue weighted by atomic mass is 9.90. The molecule has 2 fully saturated rings. The van der Waals surface area contributed by atoms with E-state index in [1.54, 1.807) is 36.4 Å². The lowest BCUT2D eigenvalue weighted by molar-refractivity contribution is -0.126. The molecule has 3 aromatic rings. The van der Waals surface area contributed by atoms with Gasteiger partial charge in [-0.2, -0.15) is 0 Å². The third kappa shape index (κ3) is 4.67. The highest BCUT2D eigenvalue weighted by molar-refractivity contribution is 6.23. The normalized spacial score (nSPS) is 20.6. The summed E-state index contributed by atoms with van der Waals surface area (Å²) in [5, 5.41) is 1.67. The number of ether oxygens (including phenoxy) is 3. The highest BCUT2D eigenvalue weighted by Gasteiger charge is 2.60. The Hall–Kier alpha value is -4.04. The molecule has 3 atom stereocenters. The van der Waals surface area contributed by atoms with Gasteiger partial charge in [0.05, 0.1) is 37.7 Å². The molecule has 0 radical (unpaired) electrons. The van der Waals surface area contributed by atoms with Crippen LogP contribution in [0.3, 0.4) is 0 Å². The van der Waals surface area contributed by atoms with E-state index in [-0.39, 0.29) is 11.8 Å². The van der Waals surface area contributed by atoms with Crippen molar-refractivity contribution in [1.29, 1.82) is 0 Å². The number of benzene rings is 3. The third-order valence-corrected chi connectivity index (χ3v) is 6.82. The van der Waals surface area contributed by atoms with Crippen molar-refractivity contribution in [3.8, 4) is 17.2 Å². The summed E-state index contributed by atoms with van der Waals surface area (Å²) in [6.07, 6.45) is 1.01. The molecule has 8 nitrogen and oxygen atoms in total. The molecule has 8 heteroatoms. The highest BCUT2D eigenvalue weighted by atomic mass is 16.7. The zero-order valence-corrected chi connectivity index (χ0v) is 21.8. The minimum atomic E-state index is -0.953. The quantitative estimate of drug-likeness (QED) is 0.266. The van der Waals surface area contributed by atoms with E-state index in [0.29, 0.717) is 36.1 Å². The van der Waals surface area contributed by atoms with Crippen LogP contribution in [0.25, 0.3) is 0 Å². The molecule has 0 aromatic heterocycles. The zero-order chi connectivity index (χ0) is 26.6. The minimum absolute atomic E-state index is 0.310. The van der Waals surface area contributed by atoms with Gasteiger partial charge in [0.2, 0.25) is 5.91 Å². The van der Waals surface area contributed by atoms with E-state index in [4.69, 9.17) is 19.0 Å². The minimum Gasteiger partial charge on any atom is -0.494 e. The van der Waals surface area contributed by atoms with Crippen molar-refractivity contribution in [2.24, 2.45) is 5.92 Å². The molecular weight excluding hydrogens is 484 g/mol. The van der Waals surface area contributed by atoms with Crippen LogP contribution in [0.4, 0.5) is 11.4 Å². The summed E-state index contributed by atoms with van der Waals surface area (Å²) in [7, 11) is 1.59. The van der Waals surface area contributed by atoms with Gasteiger partial charge in [0.1, 0.15) is 11.7 Å². The highest BCUT2D eigenvalue weighted by Crippen LogP contribution is 2.48. The van der Waals surface area contributed by atoms with Gasteiger partial charge in [-0.3, -0.25) is 14.4 Å². The lowest BCUT2D eigenvalue weighted by Crippen LogP contribution is -2.37. The number of rotatable bonds is 10. The number of unbranched alkanes of at least 4 members (excludes halogenated alkanes) is 1. The lowest BCUT2D eigenvalue weighted by Gasteiger charge is -2.29. The molecular formula is C30H32N2O6. The Bertz CT molecular complexity index is 1280. The Morgan fingerprint density at radius 3 is 2.29 bits per heavy atom. The first-order valence-corrected chi connectivity index (χ1v) is 13.0. The number of hydrogen-bond acceptors (Lipinski definition) is 7. The van der Waals surface area contributed by atoms with E-state index in [1.807, 2.05) is 55.5 Å². The van der Waals surface area contributed by atoms with E-state index >= 15 is 0 Å². The Morgan fingerprint density at radius 2 is 1.61 bits per heavy atom. The first-order valence-electron chi connectivity index (χ1n) is 13.0. The van der Waals surface area contributed by atoms with Crippen LogP contribution in [-0.2, 0) is 14.4 Å². The number of hydroxylamine groups is 1. The zero-order valence-electron chi connectivity index (χ0n) is 21.8. The van der Waals surface area contributed by atoms with Crippen LogP contribution in [0.2, 0.25) is 0 Å². The van der Waals surface area contributed by atoms with Crippen molar-refractivity contribution < 1.29 is 28.6 Å². The van der Waals surface area contributed by atoms with Crippen LogP contribution in [0.5, 0.6) is 17.2 Å². The number of carbonyl (C=O) groups excluding carboxylic acids is 2. The molecule has 0 bridgehead atoms. The first kappa shape index (κ1) is 25.6. The summed E-state index contributed by atoms with van der Waals surface area (Å²) in [5.41, 5.74) is 2.03. The van der Waals surface area contributed by atoms with Gasteiger partial charge in [-0.25, -0.2) is 9.96 Å².